The van der Waals surface area contributed by atoms with Crippen molar-refractivity contribution in [3.63, 3.8) is 0 Å². The van der Waals surface area contributed by atoms with Crippen molar-refractivity contribution < 1.29 is 9.59 Å². The average Bonchev–Trinajstić information content (AvgIpc) is 2.35. The Morgan fingerprint density at radius 2 is 1.72 bits per heavy atom. The highest BCUT2D eigenvalue weighted by Gasteiger charge is 2.19. The van der Waals surface area contributed by atoms with Crippen LogP contribution in [0.1, 0.15) is 39.0 Å². The van der Waals surface area contributed by atoms with Gasteiger partial charge in [-0.05, 0) is 19.9 Å². The monoisotopic (exact) mass is 255 g/mol. The van der Waals surface area contributed by atoms with E-state index in [0.29, 0.717) is 25.7 Å². The molecular weight excluding hydrogens is 230 g/mol. The Balaban J connectivity index is 2.12. The summed E-state index contributed by atoms with van der Waals surface area (Å²) in [6.07, 6.45) is 6.29. The molecule has 0 radical (unpaired) electrons. The molecule has 0 unspecified atom stereocenters. The SMILES string of the molecule is CC(=O)NCCNC(=O)CN(C)C1CCCCC1. The first-order valence-electron chi connectivity index (χ1n) is 6.81. The van der Waals surface area contributed by atoms with Crippen molar-refractivity contribution in [3.05, 3.63) is 0 Å². The zero-order valence-electron chi connectivity index (χ0n) is 11.5. The zero-order chi connectivity index (χ0) is 13.4. The fourth-order valence-electron chi connectivity index (χ4n) is 2.37. The summed E-state index contributed by atoms with van der Waals surface area (Å²) in [5.74, 6) is -0.0306. The third kappa shape index (κ3) is 6.00. The Kier molecular flexibility index (Phi) is 6.72. The molecule has 0 spiro atoms. The topological polar surface area (TPSA) is 61.4 Å². The third-order valence-corrected chi connectivity index (χ3v) is 3.41. The van der Waals surface area contributed by atoms with Crippen molar-refractivity contribution in [1.29, 1.82) is 0 Å². The van der Waals surface area contributed by atoms with E-state index in [-0.39, 0.29) is 11.8 Å². The average molecular weight is 255 g/mol. The van der Waals surface area contributed by atoms with Crippen LogP contribution in [0.2, 0.25) is 0 Å². The van der Waals surface area contributed by atoms with Gasteiger partial charge in [0.05, 0.1) is 6.54 Å². The predicted octanol–water partition coefficient (Wildman–Crippen LogP) is 0.503. The number of nitrogens with zero attached hydrogens (tertiary/aromatic N) is 1. The Hall–Kier alpha value is -1.10. The van der Waals surface area contributed by atoms with E-state index in [0.717, 1.165) is 0 Å². The van der Waals surface area contributed by atoms with E-state index in [1.807, 2.05) is 7.05 Å². The molecule has 0 saturated heterocycles. The Morgan fingerprint density at radius 3 is 2.33 bits per heavy atom. The largest absolute Gasteiger partial charge is 0.355 e. The van der Waals surface area contributed by atoms with Gasteiger partial charge in [-0.15, -0.1) is 0 Å². The lowest BCUT2D eigenvalue weighted by Crippen LogP contribution is -2.43. The van der Waals surface area contributed by atoms with Crippen molar-refractivity contribution in [3.8, 4) is 0 Å². The first kappa shape index (κ1) is 15.0. The van der Waals surface area contributed by atoms with Gasteiger partial charge in [0.2, 0.25) is 11.8 Å². The molecule has 0 bridgehead atoms. The molecule has 0 aromatic carbocycles. The summed E-state index contributed by atoms with van der Waals surface area (Å²) in [5.41, 5.74) is 0. The van der Waals surface area contributed by atoms with Crippen LogP contribution in [-0.2, 0) is 9.59 Å². The van der Waals surface area contributed by atoms with Gasteiger partial charge in [0.15, 0.2) is 0 Å². The maximum atomic E-state index is 11.7. The van der Waals surface area contributed by atoms with Gasteiger partial charge in [-0.1, -0.05) is 19.3 Å². The molecule has 2 amide bonds. The van der Waals surface area contributed by atoms with E-state index in [1.54, 1.807) is 0 Å². The highest BCUT2D eigenvalue weighted by atomic mass is 16.2. The first-order valence-corrected chi connectivity index (χ1v) is 6.81. The lowest BCUT2D eigenvalue weighted by atomic mass is 9.94. The molecule has 5 nitrogen and oxygen atoms in total. The molecule has 1 aliphatic carbocycles. The van der Waals surface area contributed by atoms with Crippen LogP contribution >= 0.6 is 0 Å². The minimum Gasteiger partial charge on any atom is -0.355 e. The van der Waals surface area contributed by atoms with E-state index in [9.17, 15) is 9.59 Å². The molecular formula is C13H25N3O2. The fraction of sp³-hybridized carbons (Fsp3) is 0.846. The number of hydrogen-bond donors (Lipinski definition) is 2. The molecule has 18 heavy (non-hydrogen) atoms. The summed E-state index contributed by atoms with van der Waals surface area (Å²) in [6.45, 7) is 2.91. The molecule has 1 saturated carbocycles. The molecule has 5 heteroatoms. The second-order valence-corrected chi connectivity index (χ2v) is 5.04. The van der Waals surface area contributed by atoms with Crippen molar-refractivity contribution in [2.24, 2.45) is 0 Å². The van der Waals surface area contributed by atoms with Crippen molar-refractivity contribution in [1.82, 2.24) is 15.5 Å². The van der Waals surface area contributed by atoms with Crippen LogP contribution in [0.15, 0.2) is 0 Å². The van der Waals surface area contributed by atoms with Gasteiger partial charge in [-0.2, -0.15) is 0 Å². The molecule has 1 rings (SSSR count). The molecule has 104 valence electrons. The van der Waals surface area contributed by atoms with Crippen molar-refractivity contribution in [2.75, 3.05) is 26.7 Å². The number of likely N-dealkylation sites (N-methyl/N-ethyl adjacent to an activating group) is 1. The third-order valence-electron chi connectivity index (χ3n) is 3.41. The van der Waals surface area contributed by atoms with Crippen LogP contribution in [0.5, 0.6) is 0 Å². The molecule has 0 aliphatic heterocycles. The van der Waals surface area contributed by atoms with E-state index >= 15 is 0 Å². The summed E-state index contributed by atoms with van der Waals surface area (Å²) in [4.78, 5) is 24.5. The second-order valence-electron chi connectivity index (χ2n) is 5.04. The van der Waals surface area contributed by atoms with Gasteiger partial charge in [0.25, 0.3) is 0 Å². The van der Waals surface area contributed by atoms with Crippen LogP contribution in [0.4, 0.5) is 0 Å². The molecule has 0 aromatic heterocycles. The lowest BCUT2D eigenvalue weighted by molar-refractivity contribution is -0.123. The van der Waals surface area contributed by atoms with Gasteiger partial charge in [0.1, 0.15) is 0 Å². The molecule has 0 heterocycles. The normalized spacial score (nSPS) is 16.6. The number of rotatable bonds is 6. The molecule has 2 N–H and O–H groups in total. The smallest absolute Gasteiger partial charge is 0.234 e. The van der Waals surface area contributed by atoms with Crippen LogP contribution in [0, 0.1) is 0 Å². The Labute approximate surface area is 109 Å². The van der Waals surface area contributed by atoms with Gasteiger partial charge in [0, 0.05) is 26.1 Å². The van der Waals surface area contributed by atoms with E-state index in [2.05, 4.69) is 15.5 Å². The Bertz CT molecular complexity index is 275. The van der Waals surface area contributed by atoms with Crippen LogP contribution < -0.4 is 10.6 Å². The van der Waals surface area contributed by atoms with E-state index in [1.165, 1.54) is 39.0 Å². The summed E-state index contributed by atoms with van der Waals surface area (Å²) in [5, 5.41) is 5.46. The number of amides is 2. The number of hydrogen-bond acceptors (Lipinski definition) is 3. The summed E-state index contributed by atoms with van der Waals surface area (Å²) < 4.78 is 0. The molecule has 1 fully saturated rings. The zero-order valence-corrected chi connectivity index (χ0v) is 11.5. The minimum atomic E-state index is -0.0661. The van der Waals surface area contributed by atoms with Crippen molar-refractivity contribution >= 4 is 11.8 Å². The van der Waals surface area contributed by atoms with Gasteiger partial charge < -0.3 is 10.6 Å². The van der Waals surface area contributed by atoms with Crippen LogP contribution in [0.3, 0.4) is 0 Å². The number of carbonyl (C=O) groups is 2. The summed E-state index contributed by atoms with van der Waals surface area (Å²) >= 11 is 0. The standard InChI is InChI=1S/C13H25N3O2/c1-11(17)14-8-9-15-13(18)10-16(2)12-6-4-3-5-7-12/h12H,3-10H2,1-2H3,(H,14,17)(H,15,18). The van der Waals surface area contributed by atoms with Crippen molar-refractivity contribution in [2.45, 2.75) is 45.1 Å². The summed E-state index contributed by atoms with van der Waals surface area (Å²) in [7, 11) is 2.02. The highest BCUT2D eigenvalue weighted by Crippen LogP contribution is 2.21. The highest BCUT2D eigenvalue weighted by molar-refractivity contribution is 5.78. The molecule has 1 aliphatic rings. The van der Waals surface area contributed by atoms with Gasteiger partial charge in [-0.25, -0.2) is 0 Å². The number of carbonyl (C=O) groups excluding carboxylic acids is 2. The number of nitrogens with one attached hydrogen (secondary N) is 2. The summed E-state index contributed by atoms with van der Waals surface area (Å²) in [6, 6.07) is 0.555. The first-order chi connectivity index (χ1) is 8.59. The van der Waals surface area contributed by atoms with E-state index < -0.39 is 0 Å². The van der Waals surface area contributed by atoms with E-state index in [4.69, 9.17) is 0 Å². The molecule has 0 aromatic rings. The van der Waals surface area contributed by atoms with Crippen LogP contribution in [0.25, 0.3) is 0 Å². The predicted molar refractivity (Wildman–Crippen MR) is 71.2 cm³/mol. The minimum absolute atomic E-state index is 0.0356. The van der Waals surface area contributed by atoms with Gasteiger partial charge in [-0.3, -0.25) is 14.5 Å². The second kappa shape index (κ2) is 8.08. The maximum absolute atomic E-state index is 11.7. The lowest BCUT2D eigenvalue weighted by Gasteiger charge is -2.30. The van der Waals surface area contributed by atoms with Gasteiger partial charge >= 0.3 is 0 Å². The maximum Gasteiger partial charge on any atom is 0.234 e. The molecule has 0 atom stereocenters. The fourth-order valence-corrected chi connectivity index (χ4v) is 2.37. The quantitative estimate of drug-likeness (QED) is 0.680. The van der Waals surface area contributed by atoms with Crippen LogP contribution in [-0.4, -0.2) is 49.4 Å². The Morgan fingerprint density at radius 1 is 1.11 bits per heavy atom.